The van der Waals surface area contributed by atoms with Crippen LogP contribution in [0.15, 0.2) is 12.2 Å². The Morgan fingerprint density at radius 3 is 1.49 bits per heavy atom. The first-order valence-corrected chi connectivity index (χ1v) is 34.6. The van der Waals surface area contributed by atoms with Crippen LogP contribution in [-0.4, -0.2) is 215 Å². The molecule has 3 fully saturated rings. The topological polar surface area (TPSA) is 373 Å². The fourth-order valence-electron chi connectivity index (χ4n) is 12.2. The number of carboxylic acids is 1. The number of aliphatic hydroxyl groups is 11. The van der Waals surface area contributed by atoms with E-state index in [9.17, 15) is 75.7 Å². The summed E-state index contributed by atoms with van der Waals surface area (Å²) in [7, 11) is 0. The maximum Gasteiger partial charge on any atom is 0.364 e. The van der Waals surface area contributed by atoms with Gasteiger partial charge in [0.1, 0.15) is 67.1 Å². The molecule has 522 valence electrons. The van der Waals surface area contributed by atoms with Crippen LogP contribution in [0, 0.1) is 0 Å². The largest absolute Gasteiger partial charge is 0.477 e. The molecule has 18 atom stereocenters. The Bertz CT molecular complexity index is 1860. The van der Waals surface area contributed by atoms with Gasteiger partial charge in [-0.05, 0) is 19.3 Å². The number of carbonyl (C=O) groups excluding carboxylic acids is 2. The molecule has 0 aromatic heterocycles. The summed E-state index contributed by atoms with van der Waals surface area (Å²) in [6, 6.07) is -2.61. The number of carbonyl (C=O) groups is 3. The number of hydrogen-bond acceptors (Lipinski definition) is 20. The molecule has 0 aliphatic carbocycles. The quantitative estimate of drug-likeness (QED) is 0.0249. The maximum atomic E-state index is 13.4. The van der Waals surface area contributed by atoms with Gasteiger partial charge in [-0.15, -0.1) is 0 Å². The minimum atomic E-state index is -3.08. The summed E-state index contributed by atoms with van der Waals surface area (Å²) >= 11 is 0. The van der Waals surface area contributed by atoms with Gasteiger partial charge in [-0.25, -0.2) is 4.79 Å². The van der Waals surface area contributed by atoms with Crippen molar-refractivity contribution in [3.63, 3.8) is 0 Å². The zero-order valence-electron chi connectivity index (χ0n) is 54.3. The van der Waals surface area contributed by atoms with Crippen molar-refractivity contribution in [2.75, 3.05) is 26.4 Å². The van der Waals surface area contributed by atoms with Gasteiger partial charge in [0.15, 0.2) is 12.6 Å². The van der Waals surface area contributed by atoms with Gasteiger partial charge in [0.2, 0.25) is 11.8 Å². The monoisotopic (exact) mass is 1280 g/mol. The Labute approximate surface area is 531 Å². The summed E-state index contributed by atoms with van der Waals surface area (Å²) in [5.74, 6) is -6.14. The Morgan fingerprint density at radius 2 is 1.04 bits per heavy atom. The van der Waals surface area contributed by atoms with Crippen molar-refractivity contribution in [1.82, 2.24) is 10.6 Å². The summed E-state index contributed by atoms with van der Waals surface area (Å²) in [5.41, 5.74) is 0. The summed E-state index contributed by atoms with van der Waals surface area (Å²) in [6.07, 6.45) is 15.5. The SMILES string of the molecule is CCCCCCCCCCCCCC=C[C@@H](O)[C@H](CO[C@@H]1O[C@H](CO)[C@@H](O[C@@H]2O[C@H](CO)[C@H](O)[C@H](O[C@]3(C(=O)O)C[C@H](O)[C@@H](NC(C)=O)C([C@H](O)[C@H](O)CO)O3)[C@H]2O)[C@H](O)C1O)NC(=O)CCCCCCCCCCCCCCCCCCCCCCCC. The number of aliphatic carboxylic acids is 1. The van der Waals surface area contributed by atoms with E-state index in [0.717, 1.165) is 51.9 Å². The standard InChI is InChI=1S/C66H122N2O21/c1-4-6-8-10-12-14-16-18-19-20-21-22-23-24-25-26-28-30-32-34-36-38-40-53(76)68-47(48(73)39-37-35-33-31-29-27-17-15-13-11-9-7-5-2)45-84-63-58(80)57(79)60(52(44-71)86-63)87-64-59(81)62(56(78)51(43-70)85-64)89-66(65(82)83)41-49(74)54(67-46(3)72)61(88-66)55(77)50(75)42-69/h37,39,47-52,54-64,69-71,73-75,77-81H,4-36,38,40-45H2,1-3H3,(H,67,72)(H,68,76)(H,82,83)/t47-,48+,49-,50+,51+,52+,54+,55+,56-,57+,58?,59+,60+,61?,62-,63+,64-,66-/m0/s1. The van der Waals surface area contributed by atoms with Crippen LogP contribution in [0.4, 0.5) is 0 Å². The third kappa shape index (κ3) is 30.2. The molecule has 0 bridgehead atoms. The van der Waals surface area contributed by atoms with E-state index in [-0.39, 0.29) is 12.3 Å². The Kier molecular flexibility index (Phi) is 43.0. The summed E-state index contributed by atoms with van der Waals surface area (Å²) in [4.78, 5) is 38.5. The van der Waals surface area contributed by atoms with Gasteiger partial charge in [0.05, 0.1) is 50.7 Å². The second-order valence-electron chi connectivity index (χ2n) is 25.4. The van der Waals surface area contributed by atoms with Crippen molar-refractivity contribution in [1.29, 1.82) is 0 Å². The number of allylic oxidation sites excluding steroid dienone is 1. The van der Waals surface area contributed by atoms with Crippen LogP contribution in [0.1, 0.15) is 252 Å². The molecule has 14 N–H and O–H groups in total. The molecular weight excluding hydrogens is 1160 g/mol. The fourth-order valence-corrected chi connectivity index (χ4v) is 12.2. The van der Waals surface area contributed by atoms with Gasteiger partial charge in [-0.3, -0.25) is 9.59 Å². The molecule has 3 aliphatic heterocycles. The average Bonchev–Trinajstić information content (AvgIpc) is 0.874. The van der Waals surface area contributed by atoms with Gasteiger partial charge in [0, 0.05) is 19.8 Å². The maximum absolute atomic E-state index is 13.4. The van der Waals surface area contributed by atoms with Gasteiger partial charge in [-0.1, -0.05) is 225 Å². The molecule has 23 nitrogen and oxygen atoms in total. The predicted octanol–water partition coefficient (Wildman–Crippen LogP) is 5.90. The van der Waals surface area contributed by atoms with Crippen molar-refractivity contribution in [2.24, 2.45) is 0 Å². The van der Waals surface area contributed by atoms with E-state index >= 15 is 0 Å². The zero-order valence-corrected chi connectivity index (χ0v) is 54.3. The van der Waals surface area contributed by atoms with E-state index in [1.165, 1.54) is 161 Å². The van der Waals surface area contributed by atoms with E-state index in [4.69, 9.17) is 28.4 Å². The van der Waals surface area contributed by atoms with Crippen LogP contribution < -0.4 is 10.6 Å². The first kappa shape index (κ1) is 80.7. The Balaban J connectivity index is 1.58. The minimum absolute atomic E-state index is 0.205. The number of hydrogen-bond donors (Lipinski definition) is 14. The highest BCUT2D eigenvalue weighted by Crippen LogP contribution is 2.39. The molecule has 0 aromatic rings. The second-order valence-corrected chi connectivity index (χ2v) is 25.4. The van der Waals surface area contributed by atoms with Crippen molar-refractivity contribution >= 4 is 17.8 Å². The highest BCUT2D eigenvalue weighted by molar-refractivity contribution is 5.77. The molecule has 3 saturated heterocycles. The van der Waals surface area contributed by atoms with Crippen molar-refractivity contribution in [3.05, 3.63) is 12.2 Å². The number of nitrogens with one attached hydrogen (secondary N) is 2. The van der Waals surface area contributed by atoms with Crippen molar-refractivity contribution in [2.45, 2.75) is 362 Å². The minimum Gasteiger partial charge on any atom is -0.477 e. The Hall–Kier alpha value is -2.53. The van der Waals surface area contributed by atoms with Gasteiger partial charge >= 0.3 is 5.97 Å². The predicted molar refractivity (Wildman–Crippen MR) is 334 cm³/mol. The Morgan fingerprint density at radius 1 is 0.584 bits per heavy atom. The van der Waals surface area contributed by atoms with E-state index < -0.39 is 155 Å². The second kappa shape index (κ2) is 47.4. The molecule has 0 radical (unpaired) electrons. The first-order valence-electron chi connectivity index (χ1n) is 34.6. The molecule has 2 unspecified atom stereocenters. The number of unbranched alkanes of at least 4 members (excludes halogenated alkanes) is 32. The molecule has 23 heteroatoms. The summed E-state index contributed by atoms with van der Waals surface area (Å²) in [5, 5.41) is 136. The highest BCUT2D eigenvalue weighted by atomic mass is 16.8. The lowest BCUT2D eigenvalue weighted by Gasteiger charge is -2.50. The van der Waals surface area contributed by atoms with Crippen LogP contribution in [0.25, 0.3) is 0 Å². The van der Waals surface area contributed by atoms with Gasteiger partial charge in [0.25, 0.3) is 5.79 Å². The van der Waals surface area contributed by atoms with Crippen LogP contribution in [0.2, 0.25) is 0 Å². The molecule has 3 heterocycles. The van der Waals surface area contributed by atoms with E-state index in [0.29, 0.717) is 12.8 Å². The zero-order chi connectivity index (χ0) is 65.4. The van der Waals surface area contributed by atoms with Gasteiger partial charge < -0.3 is 100 Å². The van der Waals surface area contributed by atoms with Crippen molar-refractivity contribution in [3.8, 4) is 0 Å². The molecule has 3 aliphatic rings. The highest BCUT2D eigenvalue weighted by Gasteiger charge is 2.60. The summed E-state index contributed by atoms with van der Waals surface area (Å²) < 4.78 is 34.8. The molecule has 0 aromatic carbocycles. The molecular formula is C66H122N2O21. The third-order valence-electron chi connectivity index (χ3n) is 17.7. The van der Waals surface area contributed by atoms with E-state index in [2.05, 4.69) is 24.5 Å². The number of carboxylic acid groups (broad SMARTS) is 1. The van der Waals surface area contributed by atoms with Gasteiger partial charge in [-0.2, -0.15) is 0 Å². The molecule has 89 heavy (non-hydrogen) atoms. The first-order chi connectivity index (χ1) is 42.9. The molecule has 0 spiro atoms. The molecule has 2 amide bonds. The lowest BCUT2D eigenvalue weighted by molar-refractivity contribution is -0.386. The normalized spacial score (nSPS) is 28.8. The smallest absolute Gasteiger partial charge is 0.364 e. The molecule has 0 saturated carbocycles. The van der Waals surface area contributed by atoms with Crippen LogP contribution in [-0.2, 0) is 42.8 Å². The fraction of sp³-hybridized carbons (Fsp3) is 0.924. The lowest BCUT2D eigenvalue weighted by atomic mass is 9.88. The van der Waals surface area contributed by atoms with Crippen LogP contribution >= 0.6 is 0 Å². The van der Waals surface area contributed by atoms with Crippen LogP contribution in [0.3, 0.4) is 0 Å². The number of ether oxygens (including phenoxy) is 6. The van der Waals surface area contributed by atoms with E-state index in [1.54, 1.807) is 6.08 Å². The number of rotatable bonds is 52. The van der Waals surface area contributed by atoms with E-state index in [1.807, 2.05) is 6.08 Å². The summed E-state index contributed by atoms with van der Waals surface area (Å²) in [6.45, 7) is 2.14. The lowest BCUT2D eigenvalue weighted by Crippen LogP contribution is -2.70. The van der Waals surface area contributed by atoms with Crippen molar-refractivity contribution < 1.29 is 104 Å². The third-order valence-corrected chi connectivity index (χ3v) is 17.7. The molecule has 3 rings (SSSR count). The van der Waals surface area contributed by atoms with Crippen LogP contribution in [0.5, 0.6) is 0 Å². The number of aliphatic hydroxyl groups excluding tert-OH is 11. The average molecular weight is 1280 g/mol. The number of amides is 2.